The lowest BCUT2D eigenvalue weighted by atomic mass is 10.2. The van der Waals surface area contributed by atoms with Crippen molar-refractivity contribution in [2.45, 2.75) is 32.4 Å². The van der Waals surface area contributed by atoms with Crippen LogP contribution in [0.3, 0.4) is 0 Å². The van der Waals surface area contributed by atoms with Gasteiger partial charge in [0.15, 0.2) is 0 Å². The number of carbonyl (C=O) groups excluding carboxylic acids is 1. The molecule has 1 N–H and O–H groups in total. The van der Waals surface area contributed by atoms with E-state index in [0.29, 0.717) is 34.6 Å². The summed E-state index contributed by atoms with van der Waals surface area (Å²) in [6, 6.07) is 14.9. The van der Waals surface area contributed by atoms with E-state index < -0.39 is 0 Å². The van der Waals surface area contributed by atoms with Gasteiger partial charge in [0, 0.05) is 44.3 Å². The van der Waals surface area contributed by atoms with Crippen LogP contribution in [0, 0.1) is 0 Å². The van der Waals surface area contributed by atoms with Gasteiger partial charge in [-0.05, 0) is 55.3 Å². The van der Waals surface area contributed by atoms with Gasteiger partial charge in [0.1, 0.15) is 17.0 Å². The van der Waals surface area contributed by atoms with Crippen LogP contribution in [-0.2, 0) is 11.3 Å². The van der Waals surface area contributed by atoms with Crippen LogP contribution in [0.15, 0.2) is 59.5 Å². The summed E-state index contributed by atoms with van der Waals surface area (Å²) in [5.74, 6) is -0.261. The summed E-state index contributed by atoms with van der Waals surface area (Å²) in [5, 5.41) is 3.42. The van der Waals surface area contributed by atoms with Gasteiger partial charge in [-0.3, -0.25) is 14.0 Å². The average Bonchev–Trinajstić information content (AvgIpc) is 3.46. The van der Waals surface area contributed by atoms with Crippen LogP contribution < -0.4 is 15.8 Å². The number of aromatic nitrogens is 3. The molecule has 8 heteroatoms. The molecule has 1 fully saturated rings. The highest BCUT2D eigenvalue weighted by Gasteiger charge is 2.23. The third kappa shape index (κ3) is 3.87. The minimum Gasteiger partial charge on any atom is -0.380 e. The van der Waals surface area contributed by atoms with E-state index in [9.17, 15) is 9.59 Å². The second-order valence-electron chi connectivity index (χ2n) is 8.36. The van der Waals surface area contributed by atoms with E-state index in [1.54, 1.807) is 31.5 Å². The Morgan fingerprint density at radius 1 is 1.21 bits per heavy atom. The zero-order valence-corrected chi connectivity index (χ0v) is 18.8. The summed E-state index contributed by atoms with van der Waals surface area (Å²) >= 11 is 0. The maximum Gasteiger partial charge on any atom is 0.272 e. The number of rotatable bonds is 6. The summed E-state index contributed by atoms with van der Waals surface area (Å²) in [5.41, 5.74) is 3.16. The van der Waals surface area contributed by atoms with Gasteiger partial charge in [-0.2, -0.15) is 0 Å². The first-order chi connectivity index (χ1) is 16.1. The number of ether oxygens (including phenoxy) is 1. The van der Waals surface area contributed by atoms with Crippen LogP contribution in [0.5, 0.6) is 0 Å². The number of hydrogen-bond acceptors (Lipinski definition) is 5. The molecular formula is C25H27N5O3. The standard InChI is InChI=1S/C25H27N5O3/c1-3-12-29-21(15-20-23(29)27-22-6-4-5-13-30(22)25(20)32)24(31)26-17-7-9-18(10-8-17)28-14-11-19(16-28)33-2/h4-10,13,15,19H,3,11-12,14,16H2,1-2H3,(H,26,31). The largest absolute Gasteiger partial charge is 0.380 e. The second-order valence-corrected chi connectivity index (χ2v) is 8.36. The van der Waals surface area contributed by atoms with Crippen LogP contribution in [0.25, 0.3) is 16.7 Å². The predicted octanol–water partition coefficient (Wildman–Crippen LogP) is 3.54. The Morgan fingerprint density at radius 3 is 2.76 bits per heavy atom. The zero-order valence-electron chi connectivity index (χ0n) is 18.8. The van der Waals surface area contributed by atoms with E-state index in [1.807, 2.05) is 41.8 Å². The number of methoxy groups -OCH3 is 1. The summed E-state index contributed by atoms with van der Waals surface area (Å²) in [4.78, 5) is 33.2. The van der Waals surface area contributed by atoms with Crippen molar-refractivity contribution in [3.05, 3.63) is 70.8 Å². The summed E-state index contributed by atoms with van der Waals surface area (Å²) in [7, 11) is 1.75. The first-order valence-electron chi connectivity index (χ1n) is 11.3. The van der Waals surface area contributed by atoms with Crippen molar-refractivity contribution in [1.82, 2.24) is 14.0 Å². The van der Waals surface area contributed by atoms with Gasteiger partial charge in [-0.1, -0.05) is 13.0 Å². The molecule has 5 rings (SSSR count). The Kier molecular flexibility index (Phi) is 5.60. The molecular weight excluding hydrogens is 418 g/mol. The Labute approximate surface area is 191 Å². The molecule has 0 saturated carbocycles. The van der Waals surface area contributed by atoms with Gasteiger partial charge in [0.2, 0.25) is 0 Å². The van der Waals surface area contributed by atoms with Gasteiger partial charge in [-0.15, -0.1) is 0 Å². The maximum atomic E-state index is 13.2. The lowest BCUT2D eigenvalue weighted by Crippen LogP contribution is -2.22. The minimum atomic E-state index is -0.261. The van der Waals surface area contributed by atoms with Gasteiger partial charge < -0.3 is 19.5 Å². The summed E-state index contributed by atoms with van der Waals surface area (Å²) in [6.45, 7) is 4.46. The lowest BCUT2D eigenvalue weighted by molar-refractivity contribution is 0.101. The normalized spacial score (nSPS) is 16.1. The number of hydrogen-bond donors (Lipinski definition) is 1. The zero-order chi connectivity index (χ0) is 22.9. The molecule has 1 amide bonds. The number of pyridine rings is 1. The van der Waals surface area contributed by atoms with Crippen LogP contribution >= 0.6 is 0 Å². The van der Waals surface area contributed by atoms with Crippen molar-refractivity contribution < 1.29 is 9.53 Å². The molecule has 33 heavy (non-hydrogen) atoms. The predicted molar refractivity (Wildman–Crippen MR) is 129 cm³/mol. The van der Waals surface area contributed by atoms with Crippen molar-refractivity contribution in [3.63, 3.8) is 0 Å². The van der Waals surface area contributed by atoms with Gasteiger partial charge in [-0.25, -0.2) is 4.98 Å². The highest BCUT2D eigenvalue weighted by atomic mass is 16.5. The summed E-state index contributed by atoms with van der Waals surface area (Å²) < 4.78 is 8.79. The number of aryl methyl sites for hydroxylation is 1. The van der Waals surface area contributed by atoms with Crippen LogP contribution in [0.4, 0.5) is 11.4 Å². The molecule has 8 nitrogen and oxygen atoms in total. The number of benzene rings is 1. The Bertz CT molecular complexity index is 1370. The fraction of sp³-hybridized carbons (Fsp3) is 0.320. The molecule has 1 aliphatic rings. The third-order valence-corrected chi connectivity index (χ3v) is 6.22. The molecule has 3 aromatic heterocycles. The highest BCUT2D eigenvalue weighted by Crippen LogP contribution is 2.24. The quantitative estimate of drug-likeness (QED) is 0.491. The molecule has 1 aromatic carbocycles. The van der Waals surface area contributed by atoms with E-state index in [2.05, 4.69) is 15.2 Å². The lowest BCUT2D eigenvalue weighted by Gasteiger charge is -2.18. The van der Waals surface area contributed by atoms with E-state index in [1.165, 1.54) is 4.40 Å². The van der Waals surface area contributed by atoms with Crippen molar-refractivity contribution in [2.75, 3.05) is 30.4 Å². The number of nitrogens with one attached hydrogen (secondary N) is 1. The Hall–Kier alpha value is -3.65. The number of fused-ring (bicyclic) bond motifs is 2. The molecule has 170 valence electrons. The smallest absolute Gasteiger partial charge is 0.272 e. The summed E-state index contributed by atoms with van der Waals surface area (Å²) in [6.07, 6.45) is 3.78. The van der Waals surface area contributed by atoms with Crippen molar-refractivity contribution in [3.8, 4) is 0 Å². The van der Waals surface area contributed by atoms with Gasteiger partial charge in [0.25, 0.3) is 11.5 Å². The number of amides is 1. The molecule has 1 atom stereocenters. The van der Waals surface area contributed by atoms with E-state index in [0.717, 1.165) is 31.6 Å². The monoisotopic (exact) mass is 445 g/mol. The second kappa shape index (κ2) is 8.71. The van der Waals surface area contributed by atoms with Crippen LogP contribution in [0.1, 0.15) is 30.3 Å². The third-order valence-electron chi connectivity index (χ3n) is 6.22. The van der Waals surface area contributed by atoms with Crippen molar-refractivity contribution >= 4 is 34.0 Å². The molecule has 0 spiro atoms. The first-order valence-corrected chi connectivity index (χ1v) is 11.3. The van der Waals surface area contributed by atoms with E-state index in [4.69, 9.17) is 4.74 Å². The number of carbonyl (C=O) groups is 1. The van der Waals surface area contributed by atoms with Gasteiger partial charge in [0.05, 0.1) is 11.5 Å². The molecule has 0 aliphatic carbocycles. The van der Waals surface area contributed by atoms with Crippen molar-refractivity contribution in [2.24, 2.45) is 0 Å². The molecule has 1 aliphatic heterocycles. The molecule has 1 saturated heterocycles. The Balaban J connectivity index is 1.44. The highest BCUT2D eigenvalue weighted by molar-refractivity contribution is 6.06. The van der Waals surface area contributed by atoms with Crippen molar-refractivity contribution in [1.29, 1.82) is 0 Å². The first kappa shape index (κ1) is 21.2. The van der Waals surface area contributed by atoms with E-state index >= 15 is 0 Å². The maximum absolute atomic E-state index is 13.2. The van der Waals surface area contributed by atoms with Crippen LogP contribution in [0.2, 0.25) is 0 Å². The SMILES string of the molecule is CCCn1c(C(=O)Nc2ccc(N3CCC(OC)C3)cc2)cc2c(=O)n3ccccc3nc21. The number of anilines is 2. The fourth-order valence-corrected chi connectivity index (χ4v) is 4.50. The molecule has 0 bridgehead atoms. The topological polar surface area (TPSA) is 80.9 Å². The minimum absolute atomic E-state index is 0.177. The average molecular weight is 446 g/mol. The molecule has 4 heterocycles. The fourth-order valence-electron chi connectivity index (χ4n) is 4.50. The number of nitrogens with zero attached hydrogens (tertiary/aromatic N) is 4. The van der Waals surface area contributed by atoms with Gasteiger partial charge >= 0.3 is 0 Å². The molecule has 1 unspecified atom stereocenters. The van der Waals surface area contributed by atoms with Crippen LogP contribution in [-0.4, -0.2) is 46.2 Å². The Morgan fingerprint density at radius 2 is 2.03 bits per heavy atom. The molecule has 0 radical (unpaired) electrons. The van der Waals surface area contributed by atoms with E-state index in [-0.39, 0.29) is 17.6 Å². The molecule has 4 aromatic rings.